The fourth-order valence-electron chi connectivity index (χ4n) is 1.58. The second-order valence-corrected chi connectivity index (χ2v) is 4.21. The number of alkyl halides is 3. The van der Waals surface area contributed by atoms with Crippen LogP contribution in [0.1, 0.15) is 28.7 Å². The van der Waals surface area contributed by atoms with Gasteiger partial charge in [0.2, 0.25) is 0 Å². The molecular formula is C14H12F3NO4. The molecule has 1 heterocycles. The SMILES string of the molecule is CCOC(=O)c1cc(COc2ccc(C(F)(F)F)cc2)on1. The number of rotatable bonds is 5. The number of nitrogens with zero attached hydrogens (tertiary/aromatic N) is 1. The lowest BCUT2D eigenvalue weighted by atomic mass is 10.2. The molecule has 0 radical (unpaired) electrons. The molecule has 2 aromatic rings. The van der Waals surface area contributed by atoms with Crippen LogP contribution >= 0.6 is 0 Å². The van der Waals surface area contributed by atoms with Crippen LogP contribution < -0.4 is 4.74 Å². The maximum absolute atomic E-state index is 12.4. The van der Waals surface area contributed by atoms with Gasteiger partial charge in [0.15, 0.2) is 11.5 Å². The Morgan fingerprint density at radius 2 is 1.95 bits per heavy atom. The van der Waals surface area contributed by atoms with E-state index in [1.165, 1.54) is 18.2 Å². The zero-order valence-corrected chi connectivity index (χ0v) is 11.5. The fraction of sp³-hybridized carbons (Fsp3) is 0.286. The third-order valence-corrected chi connectivity index (χ3v) is 2.61. The van der Waals surface area contributed by atoms with E-state index in [2.05, 4.69) is 5.16 Å². The lowest BCUT2D eigenvalue weighted by Crippen LogP contribution is -2.04. The molecule has 0 N–H and O–H groups in total. The van der Waals surface area contributed by atoms with Crippen molar-refractivity contribution in [2.75, 3.05) is 6.61 Å². The molecule has 0 amide bonds. The first-order valence-corrected chi connectivity index (χ1v) is 6.33. The van der Waals surface area contributed by atoms with Gasteiger partial charge in [0.25, 0.3) is 0 Å². The van der Waals surface area contributed by atoms with Crippen molar-refractivity contribution in [2.45, 2.75) is 19.7 Å². The summed E-state index contributed by atoms with van der Waals surface area (Å²) >= 11 is 0. The van der Waals surface area contributed by atoms with Gasteiger partial charge in [0.05, 0.1) is 12.2 Å². The second kappa shape index (κ2) is 6.50. The quantitative estimate of drug-likeness (QED) is 0.791. The van der Waals surface area contributed by atoms with E-state index in [-0.39, 0.29) is 30.4 Å². The van der Waals surface area contributed by atoms with Crippen molar-refractivity contribution >= 4 is 5.97 Å². The van der Waals surface area contributed by atoms with Crippen molar-refractivity contribution in [2.24, 2.45) is 0 Å². The largest absolute Gasteiger partial charge is 0.486 e. The second-order valence-electron chi connectivity index (χ2n) is 4.21. The number of carbonyl (C=O) groups excluding carboxylic acids is 1. The summed E-state index contributed by atoms with van der Waals surface area (Å²) in [6.07, 6.45) is -4.39. The van der Waals surface area contributed by atoms with E-state index in [0.29, 0.717) is 0 Å². The lowest BCUT2D eigenvalue weighted by molar-refractivity contribution is -0.137. The van der Waals surface area contributed by atoms with Crippen molar-refractivity contribution in [3.05, 3.63) is 47.3 Å². The smallest absolute Gasteiger partial charge is 0.416 e. The summed E-state index contributed by atoms with van der Waals surface area (Å²) in [4.78, 5) is 11.4. The van der Waals surface area contributed by atoms with Crippen LogP contribution in [0.2, 0.25) is 0 Å². The molecule has 1 aromatic carbocycles. The highest BCUT2D eigenvalue weighted by Crippen LogP contribution is 2.30. The number of aromatic nitrogens is 1. The molecule has 8 heteroatoms. The highest BCUT2D eigenvalue weighted by atomic mass is 19.4. The molecule has 0 aliphatic heterocycles. The molecule has 0 unspecified atom stereocenters. The van der Waals surface area contributed by atoms with Crippen molar-refractivity contribution in [3.63, 3.8) is 0 Å². The Labute approximate surface area is 123 Å². The molecule has 0 spiro atoms. The molecule has 0 atom stereocenters. The summed E-state index contributed by atoms with van der Waals surface area (Å²) in [6.45, 7) is 1.80. The van der Waals surface area contributed by atoms with Gasteiger partial charge < -0.3 is 14.0 Å². The molecule has 0 aliphatic rings. The van der Waals surface area contributed by atoms with Crippen LogP contribution in [0, 0.1) is 0 Å². The summed E-state index contributed by atoms with van der Waals surface area (Å²) in [6, 6.07) is 5.58. The molecule has 0 saturated heterocycles. The summed E-state index contributed by atoms with van der Waals surface area (Å²) in [5.74, 6) is -0.128. The van der Waals surface area contributed by atoms with E-state index in [4.69, 9.17) is 14.0 Å². The molecule has 0 aliphatic carbocycles. The Morgan fingerprint density at radius 1 is 1.27 bits per heavy atom. The molecule has 0 bridgehead atoms. The predicted octanol–water partition coefficient (Wildman–Crippen LogP) is 3.45. The minimum atomic E-state index is -4.39. The Bertz CT molecular complexity index is 634. The molecule has 5 nitrogen and oxygen atoms in total. The highest BCUT2D eigenvalue weighted by molar-refractivity contribution is 5.87. The fourth-order valence-corrected chi connectivity index (χ4v) is 1.58. The van der Waals surface area contributed by atoms with Crippen molar-refractivity contribution in [1.82, 2.24) is 5.16 Å². The van der Waals surface area contributed by atoms with Crippen LogP contribution in [-0.4, -0.2) is 17.7 Å². The van der Waals surface area contributed by atoms with Crippen LogP contribution in [-0.2, 0) is 17.5 Å². The summed E-state index contributed by atoms with van der Waals surface area (Å²) < 4.78 is 52.1. The van der Waals surface area contributed by atoms with Gasteiger partial charge in [-0.2, -0.15) is 13.2 Å². The number of hydrogen-bond donors (Lipinski definition) is 0. The molecule has 0 saturated carbocycles. The average molecular weight is 315 g/mol. The molecule has 0 fully saturated rings. The Morgan fingerprint density at radius 3 is 2.55 bits per heavy atom. The summed E-state index contributed by atoms with van der Waals surface area (Å²) in [5.41, 5.74) is -0.753. The van der Waals surface area contributed by atoms with Gasteiger partial charge in [-0.05, 0) is 31.2 Å². The number of ether oxygens (including phenoxy) is 2. The van der Waals surface area contributed by atoms with E-state index in [9.17, 15) is 18.0 Å². The number of halogens is 3. The maximum atomic E-state index is 12.4. The van der Waals surface area contributed by atoms with Crippen LogP contribution in [0.25, 0.3) is 0 Å². The zero-order chi connectivity index (χ0) is 16.2. The Balaban J connectivity index is 1.94. The Kier molecular flexibility index (Phi) is 4.69. The van der Waals surface area contributed by atoms with Crippen molar-refractivity contribution in [3.8, 4) is 5.75 Å². The van der Waals surface area contributed by atoms with Gasteiger partial charge in [-0.1, -0.05) is 5.16 Å². The predicted molar refractivity (Wildman–Crippen MR) is 68.2 cm³/mol. The van der Waals surface area contributed by atoms with Gasteiger partial charge in [0.1, 0.15) is 12.4 Å². The topological polar surface area (TPSA) is 61.6 Å². The summed E-state index contributed by atoms with van der Waals surface area (Å²) in [5, 5.41) is 3.52. The van der Waals surface area contributed by atoms with Gasteiger partial charge in [0, 0.05) is 6.07 Å². The van der Waals surface area contributed by atoms with E-state index >= 15 is 0 Å². The third kappa shape index (κ3) is 4.00. The van der Waals surface area contributed by atoms with Gasteiger partial charge in [-0.25, -0.2) is 4.79 Å². The van der Waals surface area contributed by atoms with Gasteiger partial charge >= 0.3 is 12.1 Å². The first kappa shape index (κ1) is 15.9. The van der Waals surface area contributed by atoms with Crippen molar-refractivity contribution < 1.29 is 32.0 Å². The van der Waals surface area contributed by atoms with Crippen LogP contribution in [0.3, 0.4) is 0 Å². The number of benzene rings is 1. The average Bonchev–Trinajstić information content (AvgIpc) is 2.94. The van der Waals surface area contributed by atoms with Crippen LogP contribution in [0.5, 0.6) is 5.75 Å². The molecule has 22 heavy (non-hydrogen) atoms. The number of esters is 1. The molecule has 2 rings (SSSR count). The van der Waals surface area contributed by atoms with Crippen LogP contribution in [0.4, 0.5) is 13.2 Å². The number of hydrogen-bond acceptors (Lipinski definition) is 5. The van der Waals surface area contributed by atoms with E-state index < -0.39 is 17.7 Å². The van der Waals surface area contributed by atoms with E-state index in [1.807, 2.05) is 0 Å². The van der Waals surface area contributed by atoms with Gasteiger partial charge in [-0.15, -0.1) is 0 Å². The highest BCUT2D eigenvalue weighted by Gasteiger charge is 2.30. The molecular weight excluding hydrogens is 303 g/mol. The van der Waals surface area contributed by atoms with Crippen molar-refractivity contribution in [1.29, 1.82) is 0 Å². The minimum Gasteiger partial charge on any atom is -0.486 e. The standard InChI is InChI=1S/C14H12F3NO4/c1-2-20-13(19)12-7-11(22-18-12)8-21-10-5-3-9(4-6-10)14(15,16)17/h3-7H,2,8H2,1H3. The van der Waals surface area contributed by atoms with Crippen LogP contribution in [0.15, 0.2) is 34.9 Å². The van der Waals surface area contributed by atoms with E-state index in [1.54, 1.807) is 6.92 Å². The van der Waals surface area contributed by atoms with E-state index in [0.717, 1.165) is 12.1 Å². The minimum absolute atomic E-state index is 0.00729. The number of carbonyl (C=O) groups is 1. The maximum Gasteiger partial charge on any atom is 0.416 e. The first-order valence-electron chi connectivity index (χ1n) is 6.33. The lowest BCUT2D eigenvalue weighted by Gasteiger charge is -2.08. The first-order chi connectivity index (χ1) is 10.4. The van der Waals surface area contributed by atoms with Gasteiger partial charge in [-0.3, -0.25) is 0 Å². The normalized spacial score (nSPS) is 11.3. The Hall–Kier alpha value is -2.51. The summed E-state index contributed by atoms with van der Waals surface area (Å²) in [7, 11) is 0. The molecule has 1 aromatic heterocycles. The monoisotopic (exact) mass is 315 g/mol. The third-order valence-electron chi connectivity index (χ3n) is 2.61. The zero-order valence-electron chi connectivity index (χ0n) is 11.5. The molecule has 118 valence electrons.